The zero-order chi connectivity index (χ0) is 20.2. The van der Waals surface area contributed by atoms with Gasteiger partial charge in [-0.15, -0.1) is 0 Å². The van der Waals surface area contributed by atoms with E-state index in [1.807, 2.05) is 58.0 Å². The number of carboxylic acids is 1. The standard InChI is InChI=1S/C20H27BO5S/c1-14(22)27-13-17(21-25-19(2,3)20(4,5)26-21)12-16-9-7-6-8-15(16)10-11-18(23)24/h6-9,12H,10-11,13H2,1-5H3,(H,23,24). The highest BCUT2D eigenvalue weighted by atomic mass is 32.2. The summed E-state index contributed by atoms with van der Waals surface area (Å²) in [6.07, 6.45) is 2.48. The van der Waals surface area contributed by atoms with Crippen LogP contribution in [0.5, 0.6) is 0 Å². The zero-order valence-electron chi connectivity index (χ0n) is 16.6. The Morgan fingerprint density at radius 1 is 1.15 bits per heavy atom. The fourth-order valence-electron chi connectivity index (χ4n) is 2.70. The van der Waals surface area contributed by atoms with Gasteiger partial charge in [0.05, 0.1) is 11.2 Å². The van der Waals surface area contributed by atoms with Gasteiger partial charge < -0.3 is 14.4 Å². The van der Waals surface area contributed by atoms with Gasteiger partial charge in [0.25, 0.3) is 0 Å². The molecule has 1 aliphatic rings. The van der Waals surface area contributed by atoms with Crippen molar-refractivity contribution in [3.8, 4) is 0 Å². The van der Waals surface area contributed by atoms with Crippen LogP contribution >= 0.6 is 11.8 Å². The molecule has 0 bridgehead atoms. The van der Waals surface area contributed by atoms with Crippen LogP contribution in [0.1, 0.15) is 52.2 Å². The summed E-state index contributed by atoms with van der Waals surface area (Å²) in [5.41, 5.74) is 1.78. The lowest BCUT2D eigenvalue weighted by Gasteiger charge is -2.32. The molecule has 1 fully saturated rings. The number of carbonyl (C=O) groups excluding carboxylic acids is 1. The number of hydrogen-bond acceptors (Lipinski definition) is 5. The molecule has 0 atom stereocenters. The second kappa shape index (κ2) is 8.63. The molecule has 1 saturated heterocycles. The smallest absolute Gasteiger partial charge is 0.481 e. The van der Waals surface area contributed by atoms with Crippen molar-refractivity contribution in [3.05, 3.63) is 40.9 Å². The van der Waals surface area contributed by atoms with Crippen LogP contribution in [0.3, 0.4) is 0 Å². The number of aliphatic carboxylic acids is 1. The van der Waals surface area contributed by atoms with E-state index in [2.05, 4.69) is 0 Å². The van der Waals surface area contributed by atoms with Crippen molar-refractivity contribution < 1.29 is 24.0 Å². The normalized spacial score (nSPS) is 18.6. The van der Waals surface area contributed by atoms with E-state index in [4.69, 9.17) is 14.4 Å². The first-order valence-electron chi connectivity index (χ1n) is 9.01. The average molecular weight is 390 g/mol. The molecule has 0 unspecified atom stereocenters. The van der Waals surface area contributed by atoms with E-state index in [1.165, 1.54) is 18.7 Å². The van der Waals surface area contributed by atoms with Crippen molar-refractivity contribution in [1.29, 1.82) is 0 Å². The van der Waals surface area contributed by atoms with Crippen molar-refractivity contribution in [2.75, 3.05) is 5.75 Å². The van der Waals surface area contributed by atoms with Gasteiger partial charge in [-0.25, -0.2) is 0 Å². The molecule has 0 amide bonds. The largest absolute Gasteiger partial charge is 0.491 e. The van der Waals surface area contributed by atoms with E-state index < -0.39 is 24.3 Å². The Morgan fingerprint density at radius 3 is 2.30 bits per heavy atom. The van der Waals surface area contributed by atoms with E-state index in [0.29, 0.717) is 12.2 Å². The van der Waals surface area contributed by atoms with Gasteiger partial charge in [0.2, 0.25) is 0 Å². The maximum Gasteiger partial charge on any atom is 0.491 e. The predicted molar refractivity (Wildman–Crippen MR) is 110 cm³/mol. The van der Waals surface area contributed by atoms with Gasteiger partial charge in [0, 0.05) is 19.1 Å². The second-order valence-corrected chi connectivity index (χ2v) is 8.83. The van der Waals surface area contributed by atoms with Gasteiger partial charge in [-0.2, -0.15) is 0 Å². The predicted octanol–water partition coefficient (Wildman–Crippen LogP) is 4.00. The van der Waals surface area contributed by atoms with Crippen molar-refractivity contribution in [2.45, 2.75) is 58.7 Å². The Hall–Kier alpha value is -1.57. The minimum Gasteiger partial charge on any atom is -0.481 e. The lowest BCUT2D eigenvalue weighted by atomic mass is 9.78. The lowest BCUT2D eigenvalue weighted by molar-refractivity contribution is -0.137. The molecule has 0 saturated carbocycles. The molecule has 1 heterocycles. The molecule has 1 aromatic rings. The van der Waals surface area contributed by atoms with E-state index in [9.17, 15) is 9.59 Å². The second-order valence-electron chi connectivity index (χ2n) is 7.68. The fourth-order valence-corrected chi connectivity index (χ4v) is 3.29. The molecule has 2 rings (SSSR count). The highest BCUT2D eigenvalue weighted by Gasteiger charge is 2.52. The van der Waals surface area contributed by atoms with Crippen LogP contribution in [0.4, 0.5) is 0 Å². The third-order valence-corrected chi connectivity index (χ3v) is 5.89. The van der Waals surface area contributed by atoms with Crippen LogP contribution < -0.4 is 0 Å². The molecular weight excluding hydrogens is 363 g/mol. The summed E-state index contributed by atoms with van der Waals surface area (Å²) in [5, 5.41) is 9.01. The van der Waals surface area contributed by atoms with Crippen LogP contribution in [-0.2, 0) is 25.3 Å². The van der Waals surface area contributed by atoms with Gasteiger partial charge in [0.15, 0.2) is 5.12 Å². The lowest BCUT2D eigenvalue weighted by Crippen LogP contribution is -2.41. The van der Waals surface area contributed by atoms with Crippen molar-refractivity contribution in [2.24, 2.45) is 0 Å². The van der Waals surface area contributed by atoms with Crippen LogP contribution in [0.25, 0.3) is 6.08 Å². The number of benzene rings is 1. The van der Waals surface area contributed by atoms with E-state index in [-0.39, 0.29) is 11.5 Å². The summed E-state index contributed by atoms with van der Waals surface area (Å²) in [5.74, 6) is -0.369. The fraction of sp³-hybridized carbons (Fsp3) is 0.500. The molecule has 146 valence electrons. The van der Waals surface area contributed by atoms with E-state index >= 15 is 0 Å². The van der Waals surface area contributed by atoms with Crippen molar-refractivity contribution in [1.82, 2.24) is 0 Å². The van der Waals surface area contributed by atoms with Gasteiger partial charge >= 0.3 is 13.1 Å². The van der Waals surface area contributed by atoms with Crippen molar-refractivity contribution in [3.63, 3.8) is 0 Å². The molecule has 1 N–H and O–H groups in total. The molecule has 27 heavy (non-hydrogen) atoms. The molecule has 0 radical (unpaired) electrons. The maximum absolute atomic E-state index is 11.5. The molecule has 1 aliphatic heterocycles. The number of aryl methyl sites for hydroxylation is 1. The zero-order valence-corrected chi connectivity index (χ0v) is 17.4. The first-order chi connectivity index (χ1) is 12.5. The summed E-state index contributed by atoms with van der Waals surface area (Å²) in [6.45, 7) is 9.49. The van der Waals surface area contributed by atoms with Crippen LogP contribution in [0.2, 0.25) is 0 Å². The minimum atomic E-state index is -0.827. The first-order valence-corrected chi connectivity index (χ1v) is 9.99. The summed E-state index contributed by atoms with van der Waals surface area (Å²) in [6, 6.07) is 7.68. The summed E-state index contributed by atoms with van der Waals surface area (Å²) < 4.78 is 12.3. The van der Waals surface area contributed by atoms with Crippen molar-refractivity contribution >= 4 is 36.0 Å². The number of rotatable bonds is 7. The Morgan fingerprint density at radius 2 is 1.74 bits per heavy atom. The van der Waals surface area contributed by atoms with E-state index in [1.54, 1.807) is 0 Å². The Kier molecular flexibility index (Phi) is 6.95. The highest BCUT2D eigenvalue weighted by molar-refractivity contribution is 8.13. The summed E-state index contributed by atoms with van der Waals surface area (Å²) in [4.78, 5) is 22.4. The highest BCUT2D eigenvalue weighted by Crippen LogP contribution is 2.39. The monoisotopic (exact) mass is 390 g/mol. The number of carboxylic acid groups (broad SMARTS) is 1. The van der Waals surface area contributed by atoms with Gasteiger partial charge in [-0.3, -0.25) is 9.59 Å². The molecule has 0 aromatic heterocycles. The van der Waals surface area contributed by atoms with E-state index in [0.717, 1.165) is 16.6 Å². The number of thioether (sulfide) groups is 1. The Balaban J connectivity index is 2.35. The SMILES string of the molecule is CC(=O)SCC(=Cc1ccccc1CCC(=O)O)B1OC(C)(C)C(C)(C)O1. The molecule has 0 spiro atoms. The number of carbonyl (C=O) groups is 2. The molecule has 1 aromatic carbocycles. The molecule has 7 heteroatoms. The maximum atomic E-state index is 11.5. The first kappa shape index (κ1) is 21.7. The van der Waals surface area contributed by atoms with Crippen LogP contribution in [-0.4, -0.2) is 40.3 Å². The third-order valence-electron chi connectivity index (χ3n) is 5.00. The van der Waals surface area contributed by atoms with Gasteiger partial charge in [-0.05, 0) is 50.7 Å². The van der Waals surface area contributed by atoms with Gasteiger partial charge in [-0.1, -0.05) is 42.1 Å². The summed E-state index contributed by atoms with van der Waals surface area (Å²) in [7, 11) is -0.547. The Bertz CT molecular complexity index is 726. The Labute approximate surface area is 165 Å². The molecule has 0 aliphatic carbocycles. The molecular formula is C20H27BO5S. The van der Waals surface area contributed by atoms with Crippen LogP contribution in [0.15, 0.2) is 29.7 Å². The van der Waals surface area contributed by atoms with Crippen LogP contribution in [0, 0.1) is 0 Å². The van der Waals surface area contributed by atoms with Gasteiger partial charge in [0.1, 0.15) is 0 Å². The average Bonchev–Trinajstić information content (AvgIpc) is 2.77. The molecule has 5 nitrogen and oxygen atoms in total. The minimum absolute atomic E-state index is 0.0246. The summed E-state index contributed by atoms with van der Waals surface area (Å²) >= 11 is 1.21. The topological polar surface area (TPSA) is 72.8 Å². The number of hydrogen-bond donors (Lipinski definition) is 1. The quantitative estimate of drug-likeness (QED) is 0.710. The third kappa shape index (κ3) is 5.70.